The van der Waals surface area contributed by atoms with Crippen LogP contribution in [0.1, 0.15) is 0 Å². The third-order valence-corrected chi connectivity index (χ3v) is 13.7. The Labute approximate surface area is 391 Å². The molecule has 316 valence electrons. The quantitative estimate of drug-likeness (QED) is 0.167. The highest BCUT2D eigenvalue weighted by atomic mass is 15.0. The summed E-state index contributed by atoms with van der Waals surface area (Å²) in [5.41, 5.74) is 11.8. The van der Waals surface area contributed by atoms with Gasteiger partial charge in [0.1, 0.15) is 0 Å². The maximum Gasteiger partial charge on any atom is 0.164 e. The first-order valence-corrected chi connectivity index (χ1v) is 23.1. The van der Waals surface area contributed by atoms with Gasteiger partial charge in [-0.2, -0.15) is 0 Å². The van der Waals surface area contributed by atoms with Crippen LogP contribution in [0, 0.1) is 0 Å². The molecule has 3 aromatic heterocycles. The molecule has 14 aromatic rings. The molecule has 0 unspecified atom stereocenters. The molecule has 0 aliphatic heterocycles. The Balaban J connectivity index is 1.10. The molecule has 68 heavy (non-hydrogen) atoms. The zero-order valence-electron chi connectivity index (χ0n) is 36.8. The highest BCUT2D eigenvalue weighted by Gasteiger charge is 2.23. The van der Waals surface area contributed by atoms with Gasteiger partial charge in [-0.15, -0.1) is 0 Å². The Kier molecular flexibility index (Phi) is 8.52. The van der Waals surface area contributed by atoms with E-state index in [1.807, 2.05) is 36.4 Å². The van der Waals surface area contributed by atoms with E-state index >= 15 is 0 Å². The van der Waals surface area contributed by atoms with Crippen molar-refractivity contribution >= 4 is 75.9 Å². The Morgan fingerprint density at radius 2 is 0.779 bits per heavy atom. The number of aromatic nitrogens is 5. The lowest BCUT2D eigenvalue weighted by atomic mass is 10.0. The van der Waals surface area contributed by atoms with Gasteiger partial charge in [0, 0.05) is 49.6 Å². The van der Waals surface area contributed by atoms with Crippen LogP contribution in [-0.2, 0) is 0 Å². The van der Waals surface area contributed by atoms with Crippen molar-refractivity contribution < 1.29 is 0 Å². The summed E-state index contributed by atoms with van der Waals surface area (Å²) >= 11 is 0. The van der Waals surface area contributed by atoms with Crippen LogP contribution in [0.2, 0.25) is 0 Å². The molecule has 0 aliphatic rings. The Bertz CT molecular complexity index is 4250. The van der Waals surface area contributed by atoms with Gasteiger partial charge in [0.25, 0.3) is 0 Å². The summed E-state index contributed by atoms with van der Waals surface area (Å²) in [6.07, 6.45) is 0. The molecule has 0 saturated heterocycles. The van der Waals surface area contributed by atoms with Crippen LogP contribution in [0.5, 0.6) is 0 Å². The van der Waals surface area contributed by atoms with Crippen LogP contribution in [0.4, 0.5) is 0 Å². The Morgan fingerprint density at radius 3 is 1.51 bits per heavy atom. The fourth-order valence-electron chi connectivity index (χ4n) is 10.5. The van der Waals surface area contributed by atoms with E-state index in [-0.39, 0.29) is 0 Å². The zero-order chi connectivity index (χ0) is 44.7. The standard InChI is InChI=1S/C63H39N5/c1-4-16-40(17-5-1)46-30-32-56-52(36-46)53-38-55-59(67(48-31-28-41-18-10-11-24-45(41)34-48)57-33-29-42-19-12-15-27-51(42)60(55)57)39-58(53)68(56)49-35-47-25-13-14-26-50(47)54(37-49)63-65-61(43-20-6-2-7-21-43)64-62(66-63)44-22-8-3-9-23-44/h1-39H. The summed E-state index contributed by atoms with van der Waals surface area (Å²) in [4.78, 5) is 15.6. The van der Waals surface area contributed by atoms with Crippen molar-refractivity contribution in [3.8, 4) is 56.7 Å². The van der Waals surface area contributed by atoms with E-state index in [4.69, 9.17) is 15.0 Å². The third kappa shape index (κ3) is 6.06. The molecule has 11 aromatic carbocycles. The molecule has 5 nitrogen and oxygen atoms in total. The molecule has 0 saturated carbocycles. The van der Waals surface area contributed by atoms with Crippen LogP contribution in [0.3, 0.4) is 0 Å². The van der Waals surface area contributed by atoms with E-state index in [9.17, 15) is 0 Å². The molecule has 0 amide bonds. The first kappa shape index (κ1) is 38.1. The van der Waals surface area contributed by atoms with Gasteiger partial charge in [-0.1, -0.05) is 182 Å². The number of rotatable bonds is 6. The molecule has 0 spiro atoms. The first-order valence-electron chi connectivity index (χ1n) is 23.1. The predicted octanol–water partition coefficient (Wildman–Crippen LogP) is 16.2. The first-order chi connectivity index (χ1) is 33.7. The molecule has 0 aliphatic carbocycles. The van der Waals surface area contributed by atoms with Gasteiger partial charge >= 0.3 is 0 Å². The summed E-state index contributed by atoms with van der Waals surface area (Å²) in [6.45, 7) is 0. The molecule has 3 heterocycles. The van der Waals surface area contributed by atoms with Crippen molar-refractivity contribution in [1.29, 1.82) is 0 Å². The van der Waals surface area contributed by atoms with E-state index in [2.05, 4.69) is 209 Å². The molecule has 0 atom stereocenters. The molecule has 5 heteroatoms. The minimum Gasteiger partial charge on any atom is -0.309 e. The fraction of sp³-hybridized carbons (Fsp3) is 0. The van der Waals surface area contributed by atoms with Crippen molar-refractivity contribution in [3.63, 3.8) is 0 Å². The lowest BCUT2D eigenvalue weighted by Crippen LogP contribution is -2.02. The lowest BCUT2D eigenvalue weighted by Gasteiger charge is -2.15. The lowest BCUT2D eigenvalue weighted by molar-refractivity contribution is 1.07. The topological polar surface area (TPSA) is 48.5 Å². The maximum atomic E-state index is 5.26. The summed E-state index contributed by atoms with van der Waals surface area (Å²) in [7, 11) is 0. The average Bonchev–Trinajstić information content (AvgIpc) is 3.92. The average molecular weight is 866 g/mol. The SMILES string of the molecule is c1ccc(-c2ccc3c(c2)c2cc4c5c6ccccc6ccc5n(-c5ccc6ccccc6c5)c4cc2n3-c2cc(-c3nc(-c4ccccc4)nc(-c4ccccc4)n3)c3ccccc3c2)cc1. The van der Waals surface area contributed by atoms with E-state index in [0.717, 1.165) is 55.4 Å². The maximum absolute atomic E-state index is 5.26. The van der Waals surface area contributed by atoms with Gasteiger partial charge in [-0.3, -0.25) is 0 Å². The molecule has 0 N–H and O–H groups in total. The number of hydrogen-bond donors (Lipinski definition) is 0. The van der Waals surface area contributed by atoms with Crippen molar-refractivity contribution in [2.24, 2.45) is 0 Å². The van der Waals surface area contributed by atoms with Crippen LogP contribution in [0.15, 0.2) is 237 Å². The minimum atomic E-state index is 0.619. The summed E-state index contributed by atoms with van der Waals surface area (Å²) in [5.74, 6) is 1.88. The van der Waals surface area contributed by atoms with Crippen molar-refractivity contribution in [2.75, 3.05) is 0 Å². The normalized spacial score (nSPS) is 11.8. The van der Waals surface area contributed by atoms with Crippen molar-refractivity contribution in [2.45, 2.75) is 0 Å². The smallest absolute Gasteiger partial charge is 0.164 e. The molecule has 0 bridgehead atoms. The molecule has 14 rings (SSSR count). The van der Waals surface area contributed by atoms with Gasteiger partial charge in [-0.05, 0) is 98.0 Å². The van der Waals surface area contributed by atoms with Crippen LogP contribution < -0.4 is 0 Å². The Morgan fingerprint density at radius 1 is 0.250 bits per heavy atom. The number of fused-ring (bicyclic) bond motifs is 10. The number of nitrogens with zero attached hydrogens (tertiary/aromatic N) is 5. The Hall–Kier alpha value is -9.19. The van der Waals surface area contributed by atoms with E-state index < -0.39 is 0 Å². The highest BCUT2D eigenvalue weighted by molar-refractivity contribution is 6.25. The second-order valence-electron chi connectivity index (χ2n) is 17.6. The van der Waals surface area contributed by atoms with Crippen LogP contribution in [0.25, 0.3) is 133 Å². The fourth-order valence-corrected chi connectivity index (χ4v) is 10.5. The monoisotopic (exact) mass is 865 g/mol. The highest BCUT2D eigenvalue weighted by Crippen LogP contribution is 2.44. The van der Waals surface area contributed by atoms with E-state index in [1.54, 1.807) is 0 Å². The van der Waals surface area contributed by atoms with E-state index in [1.165, 1.54) is 59.7 Å². The largest absolute Gasteiger partial charge is 0.309 e. The van der Waals surface area contributed by atoms with Gasteiger partial charge in [0.2, 0.25) is 0 Å². The predicted molar refractivity (Wildman–Crippen MR) is 283 cm³/mol. The molecule has 0 fully saturated rings. The van der Waals surface area contributed by atoms with Crippen molar-refractivity contribution in [1.82, 2.24) is 24.1 Å². The third-order valence-electron chi connectivity index (χ3n) is 13.7. The number of benzene rings is 11. The molecular weight excluding hydrogens is 827 g/mol. The number of hydrogen-bond acceptors (Lipinski definition) is 3. The van der Waals surface area contributed by atoms with Gasteiger partial charge < -0.3 is 9.13 Å². The minimum absolute atomic E-state index is 0.619. The summed E-state index contributed by atoms with van der Waals surface area (Å²) < 4.78 is 4.92. The van der Waals surface area contributed by atoms with Crippen LogP contribution in [-0.4, -0.2) is 24.1 Å². The second-order valence-corrected chi connectivity index (χ2v) is 17.6. The van der Waals surface area contributed by atoms with Crippen molar-refractivity contribution in [3.05, 3.63) is 237 Å². The van der Waals surface area contributed by atoms with Gasteiger partial charge in [-0.25, -0.2) is 15.0 Å². The zero-order valence-corrected chi connectivity index (χ0v) is 36.8. The van der Waals surface area contributed by atoms with E-state index in [0.29, 0.717) is 17.5 Å². The molecule has 0 radical (unpaired) electrons. The molecular formula is C63H39N5. The summed E-state index contributed by atoms with van der Waals surface area (Å²) in [6, 6.07) is 84.9. The van der Waals surface area contributed by atoms with Gasteiger partial charge in [0.15, 0.2) is 17.5 Å². The summed E-state index contributed by atoms with van der Waals surface area (Å²) in [5, 5.41) is 11.9. The van der Waals surface area contributed by atoms with Crippen LogP contribution >= 0.6 is 0 Å². The second kappa shape index (κ2) is 15.2. The van der Waals surface area contributed by atoms with Gasteiger partial charge in [0.05, 0.1) is 22.1 Å².